The van der Waals surface area contributed by atoms with Gasteiger partial charge in [-0.25, -0.2) is 0 Å². The molecule has 0 spiro atoms. The molecule has 1 aromatic rings. The van der Waals surface area contributed by atoms with Crippen LogP contribution in [0.1, 0.15) is 32.1 Å². The highest BCUT2D eigenvalue weighted by molar-refractivity contribution is 8.00. The summed E-state index contributed by atoms with van der Waals surface area (Å²) < 4.78 is 0. The van der Waals surface area contributed by atoms with Crippen molar-refractivity contribution >= 4 is 23.1 Å². The van der Waals surface area contributed by atoms with Crippen molar-refractivity contribution in [1.82, 2.24) is 5.32 Å². The van der Waals surface area contributed by atoms with Crippen LogP contribution < -0.4 is 5.32 Å². The van der Waals surface area contributed by atoms with Gasteiger partial charge in [-0.05, 0) is 23.6 Å². The third kappa shape index (κ3) is 2.82. The highest BCUT2D eigenvalue weighted by atomic mass is 32.2. The lowest BCUT2D eigenvalue weighted by atomic mass is 9.91. The van der Waals surface area contributed by atoms with Crippen molar-refractivity contribution in [3.8, 4) is 0 Å². The summed E-state index contributed by atoms with van der Waals surface area (Å²) in [5.74, 6) is 1.32. The minimum absolute atomic E-state index is 0.265. The largest absolute Gasteiger partial charge is 0.312 e. The molecule has 2 heterocycles. The zero-order valence-corrected chi connectivity index (χ0v) is 12.0. The van der Waals surface area contributed by atoms with Gasteiger partial charge in [-0.3, -0.25) is 0 Å². The minimum atomic E-state index is 0.265. The molecule has 0 amide bonds. The Bertz CT molecular complexity index is 319. The molecule has 0 aromatic carbocycles. The third-order valence-electron chi connectivity index (χ3n) is 3.37. The Morgan fingerprint density at radius 3 is 2.88 bits per heavy atom. The molecule has 0 bridgehead atoms. The molecule has 2 atom stereocenters. The molecule has 2 rings (SSSR count). The number of thioether (sulfide) groups is 1. The number of thiophene rings is 1. The molecule has 1 aromatic heterocycles. The summed E-state index contributed by atoms with van der Waals surface area (Å²) in [7, 11) is 0. The van der Waals surface area contributed by atoms with Gasteiger partial charge in [-0.2, -0.15) is 11.8 Å². The molecule has 16 heavy (non-hydrogen) atoms. The molecule has 1 aliphatic rings. The van der Waals surface area contributed by atoms with Gasteiger partial charge in [-0.1, -0.05) is 26.8 Å². The van der Waals surface area contributed by atoms with Crippen molar-refractivity contribution in [3.63, 3.8) is 0 Å². The van der Waals surface area contributed by atoms with E-state index >= 15 is 0 Å². The quantitative estimate of drug-likeness (QED) is 0.883. The predicted octanol–water partition coefficient (Wildman–Crippen LogP) is 3.51. The topological polar surface area (TPSA) is 12.0 Å². The first-order valence-corrected chi connectivity index (χ1v) is 7.91. The average molecular weight is 255 g/mol. The summed E-state index contributed by atoms with van der Waals surface area (Å²) in [6.07, 6.45) is 1.33. The highest BCUT2D eigenvalue weighted by Crippen LogP contribution is 2.29. The predicted molar refractivity (Wildman–Crippen MR) is 75.7 cm³/mol. The molecule has 1 N–H and O–H groups in total. The normalized spacial score (nSPS) is 26.2. The van der Waals surface area contributed by atoms with Crippen LogP contribution in [0.15, 0.2) is 17.5 Å². The van der Waals surface area contributed by atoms with E-state index in [0.29, 0.717) is 6.04 Å². The van der Waals surface area contributed by atoms with E-state index < -0.39 is 0 Å². The van der Waals surface area contributed by atoms with Crippen LogP contribution in [0.25, 0.3) is 0 Å². The van der Waals surface area contributed by atoms with Crippen molar-refractivity contribution in [1.29, 1.82) is 0 Å². The van der Waals surface area contributed by atoms with Gasteiger partial charge < -0.3 is 5.32 Å². The summed E-state index contributed by atoms with van der Waals surface area (Å²) >= 11 is 3.96. The Morgan fingerprint density at radius 1 is 1.50 bits per heavy atom. The van der Waals surface area contributed by atoms with Gasteiger partial charge in [0, 0.05) is 28.1 Å². The van der Waals surface area contributed by atoms with E-state index in [-0.39, 0.29) is 5.41 Å². The molecule has 90 valence electrons. The second kappa shape index (κ2) is 5.11. The molecular weight excluding hydrogens is 234 g/mol. The fourth-order valence-corrected chi connectivity index (χ4v) is 4.22. The summed E-state index contributed by atoms with van der Waals surface area (Å²) in [6.45, 7) is 8.09. The van der Waals surface area contributed by atoms with E-state index in [1.807, 2.05) is 11.3 Å². The first kappa shape index (κ1) is 12.5. The van der Waals surface area contributed by atoms with Gasteiger partial charge in [0.2, 0.25) is 0 Å². The Labute approximate surface area is 107 Å². The maximum Gasteiger partial charge on any atom is 0.0192 e. The second-order valence-electron chi connectivity index (χ2n) is 5.21. The van der Waals surface area contributed by atoms with Crippen LogP contribution in [0.3, 0.4) is 0 Å². The molecule has 1 aliphatic heterocycles. The van der Waals surface area contributed by atoms with E-state index in [2.05, 4.69) is 55.4 Å². The van der Waals surface area contributed by atoms with Gasteiger partial charge in [0.1, 0.15) is 0 Å². The Hall–Kier alpha value is 0.01000. The zero-order chi connectivity index (χ0) is 11.6. The van der Waals surface area contributed by atoms with Gasteiger partial charge in [0.25, 0.3) is 0 Å². The highest BCUT2D eigenvalue weighted by Gasteiger charge is 2.27. The lowest BCUT2D eigenvalue weighted by Crippen LogP contribution is -2.41. The first-order chi connectivity index (χ1) is 7.59. The molecular formula is C13H21NS2. The van der Waals surface area contributed by atoms with E-state index in [4.69, 9.17) is 0 Å². The smallest absolute Gasteiger partial charge is 0.0192 e. The van der Waals surface area contributed by atoms with E-state index in [1.54, 1.807) is 0 Å². The summed E-state index contributed by atoms with van der Waals surface area (Å²) in [4.78, 5) is 1.48. The minimum Gasteiger partial charge on any atom is -0.312 e. The monoisotopic (exact) mass is 255 g/mol. The average Bonchev–Trinajstić information content (AvgIpc) is 2.85. The Kier molecular flexibility index (Phi) is 3.98. The Balaban J connectivity index is 1.89. The molecule has 1 fully saturated rings. The van der Waals surface area contributed by atoms with Crippen molar-refractivity contribution < 1.29 is 0 Å². The van der Waals surface area contributed by atoms with Crippen LogP contribution in [0.2, 0.25) is 0 Å². The standard InChI is InChI=1S/C13H21NS2/c1-10-11(6-8-15-10)14-9-13(2,3)12-5-4-7-16-12/h4-5,7,10-11,14H,6,8-9H2,1-3H3. The molecule has 1 nitrogen and oxygen atoms in total. The van der Waals surface area contributed by atoms with Gasteiger partial charge >= 0.3 is 0 Å². The van der Waals surface area contributed by atoms with Crippen LogP contribution in [-0.4, -0.2) is 23.6 Å². The zero-order valence-electron chi connectivity index (χ0n) is 10.3. The van der Waals surface area contributed by atoms with Gasteiger partial charge in [0.05, 0.1) is 0 Å². The van der Waals surface area contributed by atoms with E-state index in [0.717, 1.165) is 11.8 Å². The first-order valence-electron chi connectivity index (χ1n) is 5.98. The van der Waals surface area contributed by atoms with E-state index in [9.17, 15) is 0 Å². The number of hydrogen-bond acceptors (Lipinski definition) is 3. The summed E-state index contributed by atoms with van der Waals surface area (Å²) in [5.41, 5.74) is 0.265. The van der Waals surface area contributed by atoms with Crippen LogP contribution in [0.4, 0.5) is 0 Å². The fourth-order valence-electron chi connectivity index (χ4n) is 2.14. The lowest BCUT2D eigenvalue weighted by Gasteiger charge is -2.27. The van der Waals surface area contributed by atoms with Gasteiger partial charge in [0.15, 0.2) is 0 Å². The Morgan fingerprint density at radius 2 is 2.31 bits per heavy atom. The molecule has 0 saturated carbocycles. The van der Waals surface area contributed by atoms with E-state index in [1.165, 1.54) is 17.1 Å². The fraction of sp³-hybridized carbons (Fsp3) is 0.692. The second-order valence-corrected chi connectivity index (χ2v) is 7.65. The van der Waals surface area contributed by atoms with Crippen molar-refractivity contribution in [2.75, 3.05) is 12.3 Å². The maximum atomic E-state index is 3.75. The summed E-state index contributed by atoms with van der Waals surface area (Å²) in [5, 5.41) is 6.69. The maximum absolute atomic E-state index is 3.75. The molecule has 1 saturated heterocycles. The third-order valence-corrected chi connectivity index (χ3v) is 5.93. The lowest BCUT2D eigenvalue weighted by molar-refractivity contribution is 0.420. The number of nitrogens with one attached hydrogen (secondary N) is 1. The molecule has 3 heteroatoms. The van der Waals surface area contributed by atoms with Crippen LogP contribution in [-0.2, 0) is 5.41 Å². The van der Waals surface area contributed by atoms with Crippen molar-refractivity contribution in [2.45, 2.75) is 43.9 Å². The van der Waals surface area contributed by atoms with Crippen molar-refractivity contribution in [2.24, 2.45) is 0 Å². The van der Waals surface area contributed by atoms with Crippen molar-refractivity contribution in [3.05, 3.63) is 22.4 Å². The van der Waals surface area contributed by atoms with Gasteiger partial charge in [-0.15, -0.1) is 11.3 Å². The van der Waals surface area contributed by atoms with Crippen LogP contribution in [0, 0.1) is 0 Å². The number of rotatable bonds is 4. The molecule has 2 unspecified atom stereocenters. The van der Waals surface area contributed by atoms with Crippen LogP contribution >= 0.6 is 23.1 Å². The molecule has 0 radical (unpaired) electrons. The molecule has 0 aliphatic carbocycles. The number of hydrogen-bond donors (Lipinski definition) is 1. The SMILES string of the molecule is CC1SCCC1NCC(C)(C)c1cccs1. The van der Waals surface area contributed by atoms with Crippen LogP contribution in [0.5, 0.6) is 0 Å². The summed E-state index contributed by atoms with van der Waals surface area (Å²) in [6, 6.07) is 5.11.